The highest BCUT2D eigenvalue weighted by molar-refractivity contribution is 5.77. The van der Waals surface area contributed by atoms with Crippen LogP contribution in [-0.2, 0) is 17.6 Å². The summed E-state index contributed by atoms with van der Waals surface area (Å²) in [7, 11) is 0. The van der Waals surface area contributed by atoms with Crippen LogP contribution < -0.4 is 5.73 Å². The van der Waals surface area contributed by atoms with Crippen LogP contribution in [0, 0.1) is 6.92 Å². The molecule has 2 N–H and O–H groups in total. The molecule has 1 amide bonds. The second-order valence-electron chi connectivity index (χ2n) is 3.26. The SMILES string of the molecule is CCc1ccc(C)c(CC(N)=O)c1. The van der Waals surface area contributed by atoms with E-state index in [9.17, 15) is 4.79 Å². The Bertz CT molecular complexity index is 318. The van der Waals surface area contributed by atoms with E-state index in [1.807, 2.05) is 13.0 Å². The smallest absolute Gasteiger partial charge is 0.221 e. The number of nitrogens with two attached hydrogens (primary N) is 1. The highest BCUT2D eigenvalue weighted by Gasteiger charge is 2.02. The third kappa shape index (κ3) is 2.58. The van der Waals surface area contributed by atoms with Crippen molar-refractivity contribution < 1.29 is 4.79 Å². The average Bonchev–Trinajstić information content (AvgIpc) is 2.08. The third-order valence-corrected chi connectivity index (χ3v) is 2.19. The zero-order valence-corrected chi connectivity index (χ0v) is 8.13. The minimum atomic E-state index is -0.267. The van der Waals surface area contributed by atoms with Gasteiger partial charge in [-0.25, -0.2) is 0 Å². The van der Waals surface area contributed by atoms with Crippen molar-refractivity contribution >= 4 is 5.91 Å². The van der Waals surface area contributed by atoms with Gasteiger partial charge in [-0.3, -0.25) is 4.79 Å². The second-order valence-corrected chi connectivity index (χ2v) is 3.26. The molecule has 0 heterocycles. The van der Waals surface area contributed by atoms with Crippen molar-refractivity contribution in [2.75, 3.05) is 0 Å². The molecule has 1 rings (SSSR count). The molecule has 2 heteroatoms. The Hall–Kier alpha value is -1.31. The fraction of sp³-hybridized carbons (Fsp3) is 0.364. The van der Waals surface area contributed by atoms with E-state index in [1.54, 1.807) is 0 Å². The Labute approximate surface area is 78.8 Å². The van der Waals surface area contributed by atoms with E-state index in [4.69, 9.17) is 5.73 Å². The molecule has 0 radical (unpaired) electrons. The summed E-state index contributed by atoms with van der Waals surface area (Å²) in [6, 6.07) is 6.18. The van der Waals surface area contributed by atoms with Crippen molar-refractivity contribution in [2.45, 2.75) is 26.7 Å². The lowest BCUT2D eigenvalue weighted by atomic mass is 10.0. The average molecular weight is 177 g/mol. The molecule has 0 aliphatic carbocycles. The summed E-state index contributed by atoms with van der Waals surface area (Å²) in [5, 5.41) is 0. The maximum Gasteiger partial charge on any atom is 0.221 e. The van der Waals surface area contributed by atoms with Crippen molar-refractivity contribution in [2.24, 2.45) is 5.73 Å². The first-order valence-electron chi connectivity index (χ1n) is 4.50. The largest absolute Gasteiger partial charge is 0.369 e. The number of benzene rings is 1. The predicted octanol–water partition coefficient (Wildman–Crippen LogP) is 1.59. The molecule has 0 fully saturated rings. The summed E-state index contributed by atoms with van der Waals surface area (Å²) in [4.78, 5) is 10.7. The lowest BCUT2D eigenvalue weighted by Gasteiger charge is -2.05. The van der Waals surface area contributed by atoms with Gasteiger partial charge in [0, 0.05) is 0 Å². The molecule has 70 valence electrons. The van der Waals surface area contributed by atoms with Gasteiger partial charge >= 0.3 is 0 Å². The van der Waals surface area contributed by atoms with Crippen molar-refractivity contribution in [3.8, 4) is 0 Å². The van der Waals surface area contributed by atoms with Gasteiger partial charge in [0.15, 0.2) is 0 Å². The summed E-state index contributed by atoms with van der Waals surface area (Å²) < 4.78 is 0. The number of amides is 1. The molecule has 1 aromatic rings. The first-order chi connectivity index (χ1) is 6.13. The van der Waals surface area contributed by atoms with Crippen LogP contribution in [0.4, 0.5) is 0 Å². The van der Waals surface area contributed by atoms with Crippen LogP contribution in [0.1, 0.15) is 23.6 Å². The zero-order chi connectivity index (χ0) is 9.84. The molecule has 0 saturated carbocycles. The quantitative estimate of drug-likeness (QED) is 0.748. The van der Waals surface area contributed by atoms with Crippen LogP contribution >= 0.6 is 0 Å². The number of carbonyl (C=O) groups is 1. The highest BCUT2D eigenvalue weighted by Crippen LogP contribution is 2.12. The van der Waals surface area contributed by atoms with E-state index in [0.29, 0.717) is 6.42 Å². The summed E-state index contributed by atoms with van der Waals surface area (Å²) in [5.74, 6) is -0.267. The van der Waals surface area contributed by atoms with Crippen molar-refractivity contribution in [1.82, 2.24) is 0 Å². The molecule has 0 aromatic heterocycles. The van der Waals surface area contributed by atoms with E-state index >= 15 is 0 Å². The van der Waals surface area contributed by atoms with Crippen LogP contribution in [0.5, 0.6) is 0 Å². The van der Waals surface area contributed by atoms with Gasteiger partial charge in [0.1, 0.15) is 0 Å². The topological polar surface area (TPSA) is 43.1 Å². The number of hydrogen-bond acceptors (Lipinski definition) is 1. The van der Waals surface area contributed by atoms with Crippen LogP contribution in [0.15, 0.2) is 18.2 Å². The normalized spacial score (nSPS) is 10.0. The lowest BCUT2D eigenvalue weighted by molar-refractivity contribution is -0.117. The Balaban J connectivity index is 2.96. The number of hydrogen-bond donors (Lipinski definition) is 1. The number of primary amides is 1. The van der Waals surface area contributed by atoms with Crippen LogP contribution in [-0.4, -0.2) is 5.91 Å². The van der Waals surface area contributed by atoms with E-state index in [1.165, 1.54) is 5.56 Å². The van der Waals surface area contributed by atoms with Crippen LogP contribution in [0.25, 0.3) is 0 Å². The molecule has 1 aromatic carbocycles. The Morgan fingerprint density at radius 2 is 2.15 bits per heavy atom. The molecule has 0 aliphatic rings. The molecule has 13 heavy (non-hydrogen) atoms. The predicted molar refractivity (Wildman–Crippen MR) is 53.5 cm³/mol. The van der Waals surface area contributed by atoms with E-state index in [-0.39, 0.29) is 5.91 Å². The minimum absolute atomic E-state index is 0.267. The summed E-state index contributed by atoms with van der Waals surface area (Å²) >= 11 is 0. The standard InChI is InChI=1S/C11H15NO/c1-3-9-5-4-8(2)10(6-9)7-11(12)13/h4-6H,3,7H2,1-2H3,(H2,12,13). The zero-order valence-electron chi connectivity index (χ0n) is 8.13. The van der Waals surface area contributed by atoms with Gasteiger partial charge in [0.05, 0.1) is 6.42 Å². The second kappa shape index (κ2) is 4.08. The molecular weight excluding hydrogens is 162 g/mol. The van der Waals surface area contributed by atoms with Gasteiger partial charge < -0.3 is 5.73 Å². The van der Waals surface area contributed by atoms with E-state index in [2.05, 4.69) is 19.1 Å². The third-order valence-electron chi connectivity index (χ3n) is 2.19. The van der Waals surface area contributed by atoms with E-state index in [0.717, 1.165) is 17.5 Å². The highest BCUT2D eigenvalue weighted by atomic mass is 16.1. The number of rotatable bonds is 3. The number of carbonyl (C=O) groups excluding carboxylic acids is 1. The first kappa shape index (κ1) is 9.78. The fourth-order valence-corrected chi connectivity index (χ4v) is 1.32. The molecular formula is C11H15NO. The maximum atomic E-state index is 10.7. The van der Waals surface area contributed by atoms with Crippen LogP contribution in [0.3, 0.4) is 0 Å². The van der Waals surface area contributed by atoms with Crippen molar-refractivity contribution in [3.05, 3.63) is 34.9 Å². The summed E-state index contributed by atoms with van der Waals surface area (Å²) in [6.07, 6.45) is 1.34. The van der Waals surface area contributed by atoms with Crippen LogP contribution in [0.2, 0.25) is 0 Å². The lowest BCUT2D eigenvalue weighted by Crippen LogP contribution is -2.14. The number of aryl methyl sites for hydroxylation is 2. The molecule has 0 atom stereocenters. The molecule has 0 spiro atoms. The molecule has 0 saturated heterocycles. The molecule has 2 nitrogen and oxygen atoms in total. The Morgan fingerprint density at radius 1 is 1.46 bits per heavy atom. The first-order valence-corrected chi connectivity index (χ1v) is 4.50. The van der Waals surface area contributed by atoms with Gasteiger partial charge in [-0.2, -0.15) is 0 Å². The van der Waals surface area contributed by atoms with Gasteiger partial charge in [-0.1, -0.05) is 25.1 Å². The van der Waals surface area contributed by atoms with Gasteiger partial charge in [0.2, 0.25) is 5.91 Å². The minimum Gasteiger partial charge on any atom is -0.369 e. The fourth-order valence-electron chi connectivity index (χ4n) is 1.32. The van der Waals surface area contributed by atoms with Crippen molar-refractivity contribution in [1.29, 1.82) is 0 Å². The maximum absolute atomic E-state index is 10.7. The molecule has 0 aliphatic heterocycles. The Kier molecular flexibility index (Phi) is 3.07. The van der Waals surface area contributed by atoms with Gasteiger partial charge in [-0.15, -0.1) is 0 Å². The summed E-state index contributed by atoms with van der Waals surface area (Å²) in [5.41, 5.74) is 8.58. The van der Waals surface area contributed by atoms with Gasteiger partial charge in [-0.05, 0) is 30.0 Å². The summed E-state index contributed by atoms with van der Waals surface area (Å²) in [6.45, 7) is 4.09. The molecule has 0 unspecified atom stereocenters. The monoisotopic (exact) mass is 177 g/mol. The van der Waals surface area contributed by atoms with Crippen molar-refractivity contribution in [3.63, 3.8) is 0 Å². The van der Waals surface area contributed by atoms with Gasteiger partial charge in [0.25, 0.3) is 0 Å². The Morgan fingerprint density at radius 3 is 2.69 bits per heavy atom. The van der Waals surface area contributed by atoms with E-state index < -0.39 is 0 Å². The molecule has 0 bridgehead atoms.